The van der Waals surface area contributed by atoms with Crippen LogP contribution >= 0.6 is 23.2 Å². The van der Waals surface area contributed by atoms with Gasteiger partial charge in [-0.15, -0.1) is 23.2 Å². The van der Waals surface area contributed by atoms with E-state index in [1.165, 1.54) is 52.0 Å². The third-order valence-corrected chi connectivity index (χ3v) is 17.4. The van der Waals surface area contributed by atoms with Gasteiger partial charge in [-0.25, -0.2) is 9.59 Å². The number of rotatable bonds is 11. The fourth-order valence-electron chi connectivity index (χ4n) is 10.2. The number of phenolic OH excluding ortho intramolecular Hbond substituents is 2. The molecule has 610 valence electrons. The third kappa shape index (κ3) is 30.1. The van der Waals surface area contributed by atoms with E-state index in [9.17, 15) is 74.9 Å². The number of amides is 1. The maximum Gasteiger partial charge on any atom is 1.00 e. The Bertz CT molecular complexity index is 4150. The van der Waals surface area contributed by atoms with Crippen molar-refractivity contribution in [2.45, 2.75) is 240 Å². The number of esters is 1. The van der Waals surface area contributed by atoms with E-state index in [2.05, 4.69) is 63.2 Å². The zero-order valence-electron chi connectivity index (χ0n) is 69.7. The molecule has 2 aliphatic heterocycles. The third-order valence-electron chi connectivity index (χ3n) is 17.4. The monoisotopic (exact) mass is 1600 g/mol. The Hall–Kier alpha value is -8.71. The van der Waals surface area contributed by atoms with E-state index in [-0.39, 0.29) is 108 Å². The number of hydrogen-bond donors (Lipinski definition) is 5. The number of alkyl halides is 2. The predicted octanol–water partition coefficient (Wildman–Crippen LogP) is 14.9. The molecule has 1 saturated heterocycles. The molecule has 0 atom stereocenters. The number of nitro benzene ring substituents is 3. The average molecular weight is 1600 g/mol. The normalized spacial score (nSPS) is 12.8. The van der Waals surface area contributed by atoms with Gasteiger partial charge in [0.2, 0.25) is 5.91 Å². The maximum absolute atomic E-state index is 11.8. The molecule has 31 heteroatoms. The number of nitrogens with zero attached hydrogens (tertiary/aromatic N) is 5. The van der Waals surface area contributed by atoms with Crippen molar-refractivity contribution in [3.05, 3.63) is 159 Å². The first-order valence-corrected chi connectivity index (χ1v) is 35.5. The fourth-order valence-corrected chi connectivity index (χ4v) is 10.2. The number of carbonyl (C=O) groups excluding carboxylic acids is 4. The van der Waals surface area contributed by atoms with Crippen LogP contribution in [0.2, 0.25) is 0 Å². The van der Waals surface area contributed by atoms with Crippen LogP contribution in [0.25, 0.3) is 0 Å². The summed E-state index contributed by atoms with van der Waals surface area (Å²) in [4.78, 5) is 89.8. The summed E-state index contributed by atoms with van der Waals surface area (Å²) in [7, 11) is 3.36. The second kappa shape index (κ2) is 42.8. The van der Waals surface area contributed by atoms with Crippen molar-refractivity contribution in [3.63, 3.8) is 0 Å². The van der Waals surface area contributed by atoms with E-state index in [4.69, 9.17) is 58.3 Å². The van der Waals surface area contributed by atoms with Gasteiger partial charge in [0.1, 0.15) is 28.7 Å². The predicted molar refractivity (Wildman–Crippen MR) is 421 cm³/mol. The molecule has 1 fully saturated rings. The maximum atomic E-state index is 11.8. The SMILES string of the molecule is C1CCOC1.CC(C)(C)c1cc(C(C)(C)C(=O)O)c(O)cc1[N+](=O)[O-].CC(C)(C)c1cc2c(cc1[N+](=O)[O-])OC(=O)C2(C)C.CC(C)(C)c1ccc(O)c(C(C)(C)C#N)c1.CO.COC(=O)Oc1cc([N+](=O)[O-])c(C(C)(C)C)cc1C(C)(C)C(N)=O.COC(=O)Oc1ccc(C(C)(C)C)cc1C(C)(C)C#N.ClCCl.[Na+].[OH-]. The van der Waals surface area contributed by atoms with Crippen LogP contribution in [0.15, 0.2) is 72.8 Å². The van der Waals surface area contributed by atoms with Crippen LogP contribution in [0.5, 0.6) is 28.7 Å². The van der Waals surface area contributed by atoms with Gasteiger partial charge in [0.15, 0.2) is 0 Å². The van der Waals surface area contributed by atoms with E-state index < -0.39 is 76.9 Å². The van der Waals surface area contributed by atoms with Crippen LogP contribution in [0.3, 0.4) is 0 Å². The number of aromatic hydroxyl groups is 2. The number of halogens is 2. The first-order valence-electron chi connectivity index (χ1n) is 34.4. The number of ether oxygens (including phenoxy) is 6. The Labute approximate surface area is 684 Å². The molecule has 0 aromatic heterocycles. The summed E-state index contributed by atoms with van der Waals surface area (Å²) in [6, 6.07) is 23.7. The summed E-state index contributed by atoms with van der Waals surface area (Å²) < 4.78 is 29.2. The number of benzene rings is 5. The van der Waals surface area contributed by atoms with Crippen LogP contribution in [0.1, 0.15) is 242 Å². The number of nitrogens with two attached hydrogens (primary N) is 1. The molecule has 5 aromatic rings. The Kier molecular flexibility index (Phi) is 41.0. The summed E-state index contributed by atoms with van der Waals surface area (Å²) in [5, 5.41) is 88.3. The number of nitriles is 2. The van der Waals surface area contributed by atoms with Gasteiger partial charge in [0.25, 0.3) is 17.1 Å². The molecule has 0 radical (unpaired) electrons. The molecule has 7 N–H and O–H groups in total. The number of hydrogen-bond acceptors (Lipinski definition) is 23. The zero-order chi connectivity index (χ0) is 85.7. The number of primary amides is 1. The van der Waals surface area contributed by atoms with Crippen LogP contribution in [0.4, 0.5) is 26.7 Å². The topological polar surface area (TPSA) is 455 Å². The van der Waals surface area contributed by atoms with Crippen molar-refractivity contribution >= 4 is 70.4 Å². The van der Waals surface area contributed by atoms with Gasteiger partial charge in [-0.2, -0.15) is 10.5 Å². The Morgan fingerprint density at radius 1 is 0.532 bits per heavy atom. The summed E-state index contributed by atoms with van der Waals surface area (Å²) in [6.45, 7) is 47.9. The second-order valence-corrected chi connectivity index (χ2v) is 33.8. The average Bonchev–Trinajstić information content (AvgIpc) is 1.74. The summed E-state index contributed by atoms with van der Waals surface area (Å²) >= 11 is 9.53. The first kappa shape index (κ1) is 106. The molecule has 28 nitrogen and oxygen atoms in total. The van der Waals surface area contributed by atoms with Crippen molar-refractivity contribution < 1.29 is 123 Å². The second-order valence-electron chi connectivity index (χ2n) is 33.0. The van der Waals surface area contributed by atoms with E-state index in [1.807, 2.05) is 58.9 Å². The van der Waals surface area contributed by atoms with Gasteiger partial charge < -0.3 is 60.1 Å². The molecule has 0 spiro atoms. The smallest absolute Gasteiger partial charge is 0.870 e. The van der Waals surface area contributed by atoms with Crippen LogP contribution < -0.4 is 49.5 Å². The molecule has 111 heavy (non-hydrogen) atoms. The Morgan fingerprint density at radius 3 is 1.24 bits per heavy atom. The molecular formula is C80H113Cl2N6NaO22. The van der Waals surface area contributed by atoms with E-state index in [0.717, 1.165) is 50.7 Å². The number of aliphatic hydroxyl groups excluding tert-OH is 1. The Morgan fingerprint density at radius 2 is 0.892 bits per heavy atom. The number of fused-ring (bicyclic) bond motifs is 1. The molecule has 0 unspecified atom stereocenters. The molecule has 2 aliphatic rings. The molecule has 2 heterocycles. The van der Waals surface area contributed by atoms with Gasteiger partial charge in [-0.05, 0) is 163 Å². The van der Waals surface area contributed by atoms with Crippen molar-refractivity contribution in [1.82, 2.24) is 0 Å². The van der Waals surface area contributed by atoms with E-state index in [0.29, 0.717) is 44.9 Å². The minimum atomic E-state index is -1.33. The number of aliphatic carboxylic acids is 1. The molecule has 7 rings (SSSR count). The minimum Gasteiger partial charge on any atom is -0.870 e. The number of carboxylic acid groups (broad SMARTS) is 1. The number of aliphatic hydroxyl groups is 1. The number of phenols is 2. The minimum absolute atomic E-state index is 0. The summed E-state index contributed by atoms with van der Waals surface area (Å²) in [5.41, 5.74) is 4.91. The van der Waals surface area contributed by atoms with Crippen LogP contribution in [-0.4, -0.2) is 111 Å². The first-order chi connectivity index (χ1) is 49.5. The van der Waals surface area contributed by atoms with Gasteiger partial charge in [-0.1, -0.05) is 116 Å². The van der Waals surface area contributed by atoms with Crippen molar-refractivity contribution in [1.29, 1.82) is 10.5 Å². The van der Waals surface area contributed by atoms with Gasteiger partial charge in [-0.3, -0.25) is 44.7 Å². The number of carboxylic acids is 1. The Balaban J connectivity index is -0.00000127. The largest absolute Gasteiger partial charge is 1.00 e. The van der Waals surface area contributed by atoms with Gasteiger partial charge in [0.05, 0.1) is 91.7 Å². The van der Waals surface area contributed by atoms with Crippen molar-refractivity contribution in [2.24, 2.45) is 5.73 Å². The summed E-state index contributed by atoms with van der Waals surface area (Å²) in [6.07, 6.45) is 0.720. The molecule has 1 amide bonds. The zero-order valence-corrected chi connectivity index (χ0v) is 73.2. The molecule has 0 aliphatic carbocycles. The molecule has 0 saturated carbocycles. The number of nitro groups is 3. The van der Waals surface area contributed by atoms with Crippen LogP contribution in [0, 0.1) is 53.0 Å². The number of methoxy groups -OCH3 is 2. The summed E-state index contributed by atoms with van der Waals surface area (Å²) in [5.74, 6) is -1.80. The molecule has 0 bridgehead atoms. The van der Waals surface area contributed by atoms with Crippen molar-refractivity contribution in [2.75, 3.05) is 39.9 Å². The molecule has 5 aromatic carbocycles. The van der Waals surface area contributed by atoms with Crippen molar-refractivity contribution in [3.8, 4) is 40.9 Å². The molecular weight excluding hydrogens is 1490 g/mol. The quantitative estimate of drug-likeness (QED) is 0.0156. The van der Waals surface area contributed by atoms with Gasteiger partial charge >= 0.3 is 53.8 Å². The van der Waals surface area contributed by atoms with E-state index >= 15 is 0 Å². The van der Waals surface area contributed by atoms with E-state index in [1.54, 1.807) is 101 Å². The fraction of sp³-hybridized carbons (Fsp3) is 0.537. The van der Waals surface area contributed by atoms with Gasteiger partial charge in [0, 0.05) is 64.8 Å². The standard InChI is InChI=1S/C16H22N2O6.C16H21NO3.C14H19NO5.C14H17NO4.C14H19NO.C4H8O.CH2Cl2.CH4O.Na.H2O/c1-15(2,3)9-7-10(16(4,5)13(17)19)12(24-14(20)23-6)8-11(9)18(21)22;1-15(2,3)11-7-8-13(20-14(18)19-6)12(9-11)16(4,5)10-17;1-13(2,3)8-6-9(14(4,5)12(17)18)11(16)7-10(8)15(19)20;1-13(2,3)8-6-9-11(7-10(8)15(17)18)19-12(16)14(9,4)5;1-13(2,3)10-6-7-12(16)11(8-10)14(4,5)9-15;1-2-4-5-3-1;2-1-3;1-2;;/h7-8H,1-6H3,(H2,17,19);7-9H,1-6H3;6-7,16H,1-5H3,(H,17,18);6-7H,1-5H3;6-8,16H,1-5H3;1-4H2;1H2;2H,1H3;;1H2/q;;;;;;;;+1;/p-1. The number of carbonyl (C=O) groups is 5. The van der Waals surface area contributed by atoms with Crippen LogP contribution in [-0.2, 0) is 82.7 Å².